The Morgan fingerprint density at radius 2 is 2.15 bits per heavy atom. The number of rotatable bonds is 3. The predicted octanol–water partition coefficient (Wildman–Crippen LogP) is 4.12. The lowest BCUT2D eigenvalue weighted by Crippen LogP contribution is -2.09. The first kappa shape index (κ1) is 11.2. The molecule has 1 aromatic rings. The summed E-state index contributed by atoms with van der Waals surface area (Å²) in [5.74, 6) is 0.470. The van der Waals surface area contributed by atoms with Crippen molar-refractivity contribution in [2.24, 2.45) is 0 Å². The number of alkyl halides is 1. The zero-order chi connectivity index (χ0) is 9.84. The molecule has 0 spiro atoms. The van der Waals surface area contributed by atoms with Gasteiger partial charge in [0.15, 0.2) is 0 Å². The molecule has 0 aromatic carbocycles. The van der Waals surface area contributed by atoms with Gasteiger partial charge >= 0.3 is 0 Å². The standard InChI is InChI=1S/C10H13Br2N/c1-3-9(12)7(2)10-5-4-8(11)6-13-10/h4-7,9H,3H2,1-2H3. The van der Waals surface area contributed by atoms with Crippen LogP contribution >= 0.6 is 31.9 Å². The number of hydrogen-bond donors (Lipinski definition) is 0. The molecular weight excluding hydrogens is 294 g/mol. The monoisotopic (exact) mass is 305 g/mol. The summed E-state index contributed by atoms with van der Waals surface area (Å²) in [6.45, 7) is 4.37. The van der Waals surface area contributed by atoms with Crippen molar-refractivity contribution in [2.75, 3.05) is 0 Å². The summed E-state index contributed by atoms with van der Waals surface area (Å²) >= 11 is 7.02. The molecule has 0 radical (unpaired) electrons. The van der Waals surface area contributed by atoms with E-state index in [1.165, 1.54) is 0 Å². The molecule has 0 amide bonds. The SMILES string of the molecule is CCC(Br)C(C)c1ccc(Br)cn1. The summed E-state index contributed by atoms with van der Waals surface area (Å²) in [6.07, 6.45) is 2.97. The number of aromatic nitrogens is 1. The van der Waals surface area contributed by atoms with Gasteiger partial charge in [0.1, 0.15) is 0 Å². The van der Waals surface area contributed by atoms with Crippen LogP contribution in [0.2, 0.25) is 0 Å². The number of halogens is 2. The van der Waals surface area contributed by atoms with E-state index in [9.17, 15) is 0 Å². The Morgan fingerprint density at radius 1 is 1.46 bits per heavy atom. The molecule has 0 aliphatic rings. The Kier molecular flexibility index (Phi) is 4.39. The second-order valence-corrected chi connectivity index (χ2v) is 5.21. The van der Waals surface area contributed by atoms with Gasteiger partial charge in [0.2, 0.25) is 0 Å². The van der Waals surface area contributed by atoms with E-state index in [0.717, 1.165) is 16.6 Å². The van der Waals surface area contributed by atoms with Crippen molar-refractivity contribution in [1.82, 2.24) is 4.98 Å². The summed E-state index contributed by atoms with van der Waals surface area (Å²) < 4.78 is 1.03. The largest absolute Gasteiger partial charge is 0.260 e. The van der Waals surface area contributed by atoms with E-state index in [-0.39, 0.29) is 0 Å². The molecule has 3 heteroatoms. The number of nitrogens with zero attached hydrogens (tertiary/aromatic N) is 1. The van der Waals surface area contributed by atoms with Gasteiger partial charge in [0.25, 0.3) is 0 Å². The van der Waals surface area contributed by atoms with Crippen LogP contribution < -0.4 is 0 Å². The maximum atomic E-state index is 4.37. The molecule has 0 aliphatic heterocycles. The minimum Gasteiger partial charge on any atom is -0.260 e. The molecule has 0 saturated carbocycles. The zero-order valence-electron chi connectivity index (χ0n) is 7.80. The Labute approximate surface area is 96.2 Å². The van der Waals surface area contributed by atoms with Gasteiger partial charge in [-0.1, -0.05) is 29.8 Å². The highest BCUT2D eigenvalue weighted by molar-refractivity contribution is 9.10. The van der Waals surface area contributed by atoms with Gasteiger partial charge in [-0.2, -0.15) is 0 Å². The van der Waals surface area contributed by atoms with Crippen molar-refractivity contribution in [1.29, 1.82) is 0 Å². The van der Waals surface area contributed by atoms with Gasteiger partial charge in [-0.25, -0.2) is 0 Å². The van der Waals surface area contributed by atoms with Crippen LogP contribution in [0.3, 0.4) is 0 Å². The van der Waals surface area contributed by atoms with Crippen LogP contribution in [-0.4, -0.2) is 9.81 Å². The first-order valence-corrected chi connectivity index (χ1v) is 6.11. The molecule has 1 aromatic heterocycles. The highest BCUT2D eigenvalue weighted by Gasteiger charge is 2.14. The summed E-state index contributed by atoms with van der Waals surface area (Å²) in [5.41, 5.74) is 1.15. The summed E-state index contributed by atoms with van der Waals surface area (Å²) in [4.78, 5) is 4.89. The Bertz CT molecular complexity index is 258. The van der Waals surface area contributed by atoms with E-state index in [1.807, 2.05) is 12.3 Å². The van der Waals surface area contributed by atoms with E-state index in [0.29, 0.717) is 10.7 Å². The third-order valence-corrected chi connectivity index (χ3v) is 4.06. The van der Waals surface area contributed by atoms with E-state index < -0.39 is 0 Å². The average molecular weight is 307 g/mol. The second-order valence-electron chi connectivity index (χ2n) is 3.11. The summed E-state index contributed by atoms with van der Waals surface area (Å²) in [5, 5.41) is 0. The Balaban J connectivity index is 2.77. The van der Waals surface area contributed by atoms with Gasteiger partial charge in [-0.15, -0.1) is 0 Å². The second kappa shape index (κ2) is 5.11. The minimum atomic E-state index is 0.470. The van der Waals surface area contributed by atoms with E-state index in [2.05, 4.69) is 56.8 Å². The molecule has 1 nitrogen and oxygen atoms in total. The van der Waals surface area contributed by atoms with Crippen LogP contribution in [0.4, 0.5) is 0 Å². The van der Waals surface area contributed by atoms with Gasteiger partial charge in [0, 0.05) is 27.1 Å². The van der Waals surface area contributed by atoms with Gasteiger partial charge in [-0.3, -0.25) is 4.98 Å². The molecular formula is C10H13Br2N. The van der Waals surface area contributed by atoms with Crippen molar-refractivity contribution in [3.8, 4) is 0 Å². The lowest BCUT2D eigenvalue weighted by Gasteiger charge is -2.15. The molecule has 72 valence electrons. The lowest BCUT2D eigenvalue weighted by molar-refractivity contribution is 0.674. The molecule has 2 unspecified atom stereocenters. The maximum absolute atomic E-state index is 4.37. The molecule has 1 rings (SSSR count). The van der Waals surface area contributed by atoms with Gasteiger partial charge in [0.05, 0.1) is 0 Å². The highest BCUT2D eigenvalue weighted by atomic mass is 79.9. The van der Waals surface area contributed by atoms with Crippen LogP contribution in [0.25, 0.3) is 0 Å². The van der Waals surface area contributed by atoms with Crippen LogP contribution in [0.5, 0.6) is 0 Å². The molecule has 0 aliphatic carbocycles. The van der Waals surface area contributed by atoms with E-state index in [1.54, 1.807) is 0 Å². The molecule has 1 heterocycles. The van der Waals surface area contributed by atoms with Crippen LogP contribution in [-0.2, 0) is 0 Å². The van der Waals surface area contributed by atoms with Crippen molar-refractivity contribution < 1.29 is 0 Å². The Hall–Kier alpha value is 0.110. The lowest BCUT2D eigenvalue weighted by atomic mass is 10.0. The quantitative estimate of drug-likeness (QED) is 0.766. The minimum absolute atomic E-state index is 0.470. The van der Waals surface area contributed by atoms with Gasteiger partial charge in [-0.05, 0) is 34.5 Å². The average Bonchev–Trinajstić information content (AvgIpc) is 2.17. The Morgan fingerprint density at radius 3 is 2.62 bits per heavy atom. The van der Waals surface area contributed by atoms with E-state index >= 15 is 0 Å². The molecule has 0 bridgehead atoms. The highest BCUT2D eigenvalue weighted by Crippen LogP contribution is 2.25. The fraction of sp³-hybridized carbons (Fsp3) is 0.500. The predicted molar refractivity (Wildman–Crippen MR) is 63.4 cm³/mol. The normalized spacial score (nSPS) is 15.4. The first-order chi connectivity index (χ1) is 6.15. The van der Waals surface area contributed by atoms with Gasteiger partial charge < -0.3 is 0 Å². The molecule has 13 heavy (non-hydrogen) atoms. The fourth-order valence-electron chi connectivity index (χ4n) is 1.20. The third-order valence-electron chi connectivity index (χ3n) is 2.15. The fourth-order valence-corrected chi connectivity index (χ4v) is 1.70. The number of hydrogen-bond acceptors (Lipinski definition) is 1. The maximum Gasteiger partial charge on any atom is 0.0443 e. The summed E-state index contributed by atoms with van der Waals surface area (Å²) in [7, 11) is 0. The zero-order valence-corrected chi connectivity index (χ0v) is 11.0. The van der Waals surface area contributed by atoms with Crippen LogP contribution in [0.1, 0.15) is 31.9 Å². The smallest absolute Gasteiger partial charge is 0.0443 e. The third kappa shape index (κ3) is 3.06. The topological polar surface area (TPSA) is 12.9 Å². The van der Waals surface area contributed by atoms with Crippen LogP contribution in [0, 0.1) is 0 Å². The van der Waals surface area contributed by atoms with Crippen molar-refractivity contribution in [3.05, 3.63) is 28.5 Å². The van der Waals surface area contributed by atoms with Crippen molar-refractivity contribution >= 4 is 31.9 Å². The molecule has 0 N–H and O–H groups in total. The molecule has 0 fully saturated rings. The van der Waals surface area contributed by atoms with Crippen LogP contribution in [0.15, 0.2) is 22.8 Å². The van der Waals surface area contributed by atoms with Crippen molar-refractivity contribution in [3.63, 3.8) is 0 Å². The van der Waals surface area contributed by atoms with Crippen molar-refractivity contribution in [2.45, 2.75) is 31.0 Å². The molecule has 0 saturated heterocycles. The summed E-state index contributed by atoms with van der Waals surface area (Å²) in [6, 6.07) is 4.10. The first-order valence-electron chi connectivity index (χ1n) is 4.40. The van der Waals surface area contributed by atoms with E-state index in [4.69, 9.17) is 0 Å². The number of pyridine rings is 1. The molecule has 2 atom stereocenters.